The largest absolute Gasteiger partial charge is 0.494 e. The summed E-state index contributed by atoms with van der Waals surface area (Å²) in [6, 6.07) is 18.3. The van der Waals surface area contributed by atoms with Gasteiger partial charge in [0, 0.05) is 19.3 Å². The molecule has 1 aromatic heterocycles. The SMILES string of the molecule is CCOc1ccc(C(=O)NC(=S)Nc2ccc3oc(-c4cc(I)ccc4Br)nc3c2)cc1. The standard InChI is InChI=1S/C23H17BrIN3O3S/c1-2-30-16-7-3-13(4-8-16)21(29)28-23(32)26-15-6-10-20-19(12-15)27-22(31-20)17-11-14(25)5-9-18(17)24/h3-12H,2H2,1H3,(H2,26,28,29,32). The van der Waals surface area contributed by atoms with Gasteiger partial charge in [0.15, 0.2) is 10.7 Å². The van der Waals surface area contributed by atoms with Crippen molar-refractivity contribution in [3.05, 3.63) is 74.3 Å². The minimum absolute atomic E-state index is 0.187. The number of nitrogens with one attached hydrogen (secondary N) is 2. The molecular weight excluding hydrogens is 605 g/mol. The van der Waals surface area contributed by atoms with Crippen LogP contribution in [0.2, 0.25) is 0 Å². The van der Waals surface area contributed by atoms with Gasteiger partial charge < -0.3 is 14.5 Å². The van der Waals surface area contributed by atoms with Gasteiger partial charge in [0.1, 0.15) is 11.3 Å². The van der Waals surface area contributed by atoms with Crippen LogP contribution in [0.3, 0.4) is 0 Å². The topological polar surface area (TPSA) is 76.4 Å². The number of halogens is 2. The van der Waals surface area contributed by atoms with E-state index in [0.29, 0.717) is 40.6 Å². The molecule has 0 aliphatic rings. The predicted octanol–water partition coefficient (Wildman–Crippen LogP) is 6.39. The highest BCUT2D eigenvalue weighted by molar-refractivity contribution is 14.1. The highest BCUT2D eigenvalue weighted by Gasteiger charge is 2.13. The first-order valence-corrected chi connectivity index (χ1v) is 11.9. The second-order valence-electron chi connectivity index (χ2n) is 6.69. The maximum absolute atomic E-state index is 12.4. The number of carbonyl (C=O) groups excluding carboxylic acids is 1. The van der Waals surface area contributed by atoms with E-state index in [1.54, 1.807) is 24.3 Å². The molecule has 0 saturated heterocycles. The smallest absolute Gasteiger partial charge is 0.257 e. The van der Waals surface area contributed by atoms with Crippen molar-refractivity contribution in [2.24, 2.45) is 0 Å². The first-order valence-electron chi connectivity index (χ1n) is 9.64. The van der Waals surface area contributed by atoms with Gasteiger partial charge in [-0.05, 0) is 118 Å². The third-order valence-corrected chi connectivity index (χ3v) is 6.03. The molecule has 162 valence electrons. The number of amides is 1. The Labute approximate surface area is 212 Å². The van der Waals surface area contributed by atoms with Crippen LogP contribution in [-0.2, 0) is 0 Å². The first-order chi connectivity index (χ1) is 15.4. The van der Waals surface area contributed by atoms with Gasteiger partial charge >= 0.3 is 0 Å². The van der Waals surface area contributed by atoms with E-state index in [2.05, 4.69) is 54.1 Å². The molecule has 0 radical (unpaired) electrons. The van der Waals surface area contributed by atoms with Gasteiger partial charge in [0.05, 0.1) is 12.2 Å². The second kappa shape index (κ2) is 9.97. The molecule has 4 rings (SSSR count). The first kappa shape index (κ1) is 22.7. The maximum Gasteiger partial charge on any atom is 0.257 e. The Balaban J connectivity index is 1.46. The van der Waals surface area contributed by atoms with Crippen LogP contribution in [0.15, 0.2) is 69.6 Å². The van der Waals surface area contributed by atoms with E-state index < -0.39 is 0 Å². The van der Waals surface area contributed by atoms with Crippen molar-refractivity contribution in [1.29, 1.82) is 0 Å². The highest BCUT2D eigenvalue weighted by Crippen LogP contribution is 2.32. The minimum atomic E-state index is -0.307. The zero-order chi connectivity index (χ0) is 22.7. The van der Waals surface area contributed by atoms with Gasteiger partial charge in [0.25, 0.3) is 5.91 Å². The zero-order valence-corrected chi connectivity index (χ0v) is 21.4. The number of benzene rings is 3. The molecule has 1 amide bonds. The number of ether oxygens (including phenoxy) is 1. The number of hydrogen-bond donors (Lipinski definition) is 2. The van der Waals surface area contributed by atoms with Gasteiger partial charge in [-0.15, -0.1) is 0 Å². The Morgan fingerprint density at radius 3 is 2.69 bits per heavy atom. The molecular formula is C23H17BrIN3O3S. The Bertz CT molecular complexity index is 1310. The van der Waals surface area contributed by atoms with Crippen molar-refractivity contribution in [3.8, 4) is 17.2 Å². The summed E-state index contributed by atoms with van der Waals surface area (Å²) in [4.78, 5) is 17.0. The van der Waals surface area contributed by atoms with Gasteiger partial charge in [0.2, 0.25) is 5.89 Å². The van der Waals surface area contributed by atoms with Gasteiger partial charge in [-0.25, -0.2) is 4.98 Å². The zero-order valence-electron chi connectivity index (χ0n) is 16.8. The van der Waals surface area contributed by atoms with E-state index in [0.717, 1.165) is 13.6 Å². The fourth-order valence-corrected chi connectivity index (χ4v) is 4.11. The number of thiocarbonyl (C=S) groups is 1. The normalized spacial score (nSPS) is 10.7. The van der Waals surface area contributed by atoms with E-state index in [1.165, 1.54) is 0 Å². The molecule has 0 bridgehead atoms. The van der Waals surface area contributed by atoms with E-state index in [1.807, 2.05) is 43.3 Å². The lowest BCUT2D eigenvalue weighted by molar-refractivity contribution is 0.0977. The van der Waals surface area contributed by atoms with Crippen LogP contribution in [-0.4, -0.2) is 22.6 Å². The number of aromatic nitrogens is 1. The Morgan fingerprint density at radius 1 is 1.16 bits per heavy atom. The van der Waals surface area contributed by atoms with Crippen LogP contribution in [0.4, 0.5) is 5.69 Å². The number of rotatable bonds is 5. The van der Waals surface area contributed by atoms with Crippen LogP contribution in [0.5, 0.6) is 5.75 Å². The number of oxazole rings is 1. The van der Waals surface area contributed by atoms with E-state index >= 15 is 0 Å². The van der Waals surface area contributed by atoms with Crippen LogP contribution < -0.4 is 15.4 Å². The quantitative estimate of drug-likeness (QED) is 0.199. The van der Waals surface area contributed by atoms with Crippen LogP contribution in [0.25, 0.3) is 22.6 Å². The number of fused-ring (bicyclic) bond motifs is 1. The summed E-state index contributed by atoms with van der Waals surface area (Å²) in [5.41, 5.74) is 3.38. The summed E-state index contributed by atoms with van der Waals surface area (Å²) in [6.45, 7) is 2.47. The van der Waals surface area contributed by atoms with E-state index in [-0.39, 0.29) is 11.0 Å². The molecule has 0 aliphatic carbocycles. The lowest BCUT2D eigenvalue weighted by Crippen LogP contribution is -2.34. The summed E-state index contributed by atoms with van der Waals surface area (Å²) in [5, 5.41) is 5.88. The number of anilines is 1. The molecule has 1 heterocycles. The van der Waals surface area contributed by atoms with Gasteiger partial charge in [-0.1, -0.05) is 0 Å². The molecule has 0 unspecified atom stereocenters. The van der Waals surface area contributed by atoms with Gasteiger partial charge in [-0.3, -0.25) is 10.1 Å². The lowest BCUT2D eigenvalue weighted by atomic mass is 10.2. The average Bonchev–Trinajstić information content (AvgIpc) is 3.19. The van der Waals surface area contributed by atoms with Crippen LogP contribution in [0.1, 0.15) is 17.3 Å². The predicted molar refractivity (Wildman–Crippen MR) is 141 cm³/mol. The Morgan fingerprint density at radius 2 is 1.94 bits per heavy atom. The van der Waals surface area contributed by atoms with Crippen molar-refractivity contribution >= 4 is 78.5 Å². The summed E-state index contributed by atoms with van der Waals surface area (Å²) in [6.07, 6.45) is 0. The molecule has 6 nitrogen and oxygen atoms in total. The molecule has 0 fully saturated rings. The molecule has 0 spiro atoms. The van der Waals surface area contributed by atoms with Crippen molar-refractivity contribution < 1.29 is 13.9 Å². The summed E-state index contributed by atoms with van der Waals surface area (Å²) < 4.78 is 13.3. The molecule has 4 aromatic rings. The van der Waals surface area contributed by atoms with Crippen LogP contribution >= 0.6 is 50.7 Å². The minimum Gasteiger partial charge on any atom is -0.494 e. The summed E-state index contributed by atoms with van der Waals surface area (Å²) in [7, 11) is 0. The summed E-state index contributed by atoms with van der Waals surface area (Å²) >= 11 is 11.1. The second-order valence-corrected chi connectivity index (χ2v) is 9.20. The molecule has 0 atom stereocenters. The fourth-order valence-electron chi connectivity index (χ4n) is 2.99. The molecule has 2 N–H and O–H groups in total. The summed E-state index contributed by atoms with van der Waals surface area (Å²) in [5.74, 6) is 0.926. The van der Waals surface area contributed by atoms with Crippen molar-refractivity contribution in [2.75, 3.05) is 11.9 Å². The van der Waals surface area contributed by atoms with Crippen molar-refractivity contribution in [1.82, 2.24) is 10.3 Å². The third kappa shape index (κ3) is 5.28. The monoisotopic (exact) mass is 621 g/mol. The molecule has 32 heavy (non-hydrogen) atoms. The fraction of sp³-hybridized carbons (Fsp3) is 0.0870. The van der Waals surface area contributed by atoms with Crippen molar-refractivity contribution in [2.45, 2.75) is 6.92 Å². The molecule has 0 aliphatic heterocycles. The Kier molecular flexibility index (Phi) is 7.07. The Hall–Kier alpha value is -2.50. The molecule has 3 aromatic carbocycles. The number of hydrogen-bond acceptors (Lipinski definition) is 5. The molecule has 9 heteroatoms. The third-order valence-electron chi connectivity index (χ3n) is 4.46. The number of carbonyl (C=O) groups is 1. The molecule has 0 saturated carbocycles. The van der Waals surface area contributed by atoms with Crippen LogP contribution in [0, 0.1) is 3.57 Å². The van der Waals surface area contributed by atoms with Crippen molar-refractivity contribution in [3.63, 3.8) is 0 Å². The van der Waals surface area contributed by atoms with E-state index in [9.17, 15) is 4.79 Å². The number of nitrogens with zero attached hydrogens (tertiary/aromatic N) is 1. The highest BCUT2D eigenvalue weighted by atomic mass is 127. The maximum atomic E-state index is 12.4. The average molecular weight is 622 g/mol. The van der Waals surface area contributed by atoms with E-state index in [4.69, 9.17) is 21.4 Å². The lowest BCUT2D eigenvalue weighted by Gasteiger charge is -2.10. The van der Waals surface area contributed by atoms with Gasteiger partial charge in [-0.2, -0.15) is 0 Å².